The Hall–Kier alpha value is -2.16. The fourth-order valence-electron chi connectivity index (χ4n) is 1.46. The van der Waals surface area contributed by atoms with Crippen LogP contribution < -0.4 is 0 Å². The Morgan fingerprint density at radius 1 is 1.27 bits per heavy atom. The lowest BCUT2D eigenvalue weighted by Crippen LogP contribution is -2.11. The Kier molecular flexibility index (Phi) is 4.96. The number of pyridine rings is 1. The zero-order valence-corrected chi connectivity index (χ0v) is 12.1. The number of rotatable bonds is 4. The number of alkyl halides is 3. The second-order valence-electron chi connectivity index (χ2n) is 4.00. The monoisotopic (exact) mass is 329 g/mol. The number of nitrogens with zero attached hydrogens (tertiary/aromatic N) is 3. The van der Waals surface area contributed by atoms with Gasteiger partial charge in [0.05, 0.1) is 24.3 Å². The summed E-state index contributed by atoms with van der Waals surface area (Å²) in [7, 11) is 1.19. The third kappa shape index (κ3) is 4.17. The molecule has 22 heavy (non-hydrogen) atoms. The predicted octanol–water partition coefficient (Wildman–Crippen LogP) is 2.82. The van der Waals surface area contributed by atoms with Gasteiger partial charge < -0.3 is 4.74 Å². The lowest BCUT2D eigenvalue weighted by molar-refractivity contribution is -0.141. The van der Waals surface area contributed by atoms with E-state index < -0.39 is 17.8 Å². The molecule has 116 valence electrons. The summed E-state index contributed by atoms with van der Waals surface area (Å²) in [6.07, 6.45) is -3.17. The third-order valence-electron chi connectivity index (χ3n) is 2.47. The van der Waals surface area contributed by atoms with Gasteiger partial charge in [-0.05, 0) is 18.2 Å². The molecule has 2 aromatic rings. The molecule has 0 N–H and O–H groups in total. The summed E-state index contributed by atoms with van der Waals surface area (Å²) in [4.78, 5) is 22.5. The number of carbonyl (C=O) groups is 1. The van der Waals surface area contributed by atoms with Gasteiger partial charge in [0.2, 0.25) is 0 Å². The summed E-state index contributed by atoms with van der Waals surface area (Å²) in [6, 6.07) is 5.64. The standard InChI is InChI=1S/C13H10F3N3O2S/c1-21-11(20)7-22-12-18-9(8-4-2-3-5-17-8)6-10(19-12)13(14,15)16/h2-6H,7H2,1H3. The predicted molar refractivity (Wildman–Crippen MR) is 73.0 cm³/mol. The first kappa shape index (κ1) is 16.2. The van der Waals surface area contributed by atoms with Crippen molar-refractivity contribution in [1.82, 2.24) is 15.0 Å². The first-order valence-electron chi connectivity index (χ1n) is 5.97. The van der Waals surface area contributed by atoms with Crippen LogP contribution in [0.1, 0.15) is 5.69 Å². The van der Waals surface area contributed by atoms with Crippen LogP contribution in [0.25, 0.3) is 11.4 Å². The summed E-state index contributed by atoms with van der Waals surface area (Å²) in [5.74, 6) is -0.759. The SMILES string of the molecule is COC(=O)CSc1nc(-c2ccccn2)cc(C(F)(F)F)n1. The van der Waals surface area contributed by atoms with E-state index in [1.807, 2.05) is 0 Å². The molecule has 0 atom stereocenters. The van der Waals surface area contributed by atoms with Gasteiger partial charge in [0.15, 0.2) is 5.16 Å². The lowest BCUT2D eigenvalue weighted by atomic mass is 10.2. The molecule has 2 rings (SSSR count). The first-order chi connectivity index (χ1) is 10.4. The van der Waals surface area contributed by atoms with Crippen molar-refractivity contribution in [3.05, 3.63) is 36.2 Å². The molecule has 2 aromatic heterocycles. The summed E-state index contributed by atoms with van der Waals surface area (Å²) in [5, 5.41) is -0.166. The molecule has 0 aromatic carbocycles. The number of aromatic nitrogens is 3. The van der Waals surface area contributed by atoms with Gasteiger partial charge >= 0.3 is 12.1 Å². The Balaban J connectivity index is 2.39. The maximum absolute atomic E-state index is 12.9. The maximum Gasteiger partial charge on any atom is 0.433 e. The zero-order valence-electron chi connectivity index (χ0n) is 11.3. The van der Waals surface area contributed by atoms with Gasteiger partial charge in [-0.3, -0.25) is 9.78 Å². The number of esters is 1. The minimum atomic E-state index is -4.62. The molecular weight excluding hydrogens is 319 g/mol. The number of hydrogen-bond acceptors (Lipinski definition) is 6. The fraction of sp³-hybridized carbons (Fsp3) is 0.231. The van der Waals surface area contributed by atoms with E-state index in [-0.39, 0.29) is 22.3 Å². The molecule has 0 fully saturated rings. The molecule has 0 aliphatic rings. The van der Waals surface area contributed by atoms with Crippen molar-refractivity contribution in [2.75, 3.05) is 12.9 Å². The van der Waals surface area contributed by atoms with Crippen molar-refractivity contribution in [2.45, 2.75) is 11.3 Å². The van der Waals surface area contributed by atoms with Crippen LogP contribution in [0.3, 0.4) is 0 Å². The quantitative estimate of drug-likeness (QED) is 0.488. The average Bonchev–Trinajstić information content (AvgIpc) is 2.52. The van der Waals surface area contributed by atoms with Crippen LogP contribution in [0.15, 0.2) is 35.6 Å². The third-order valence-corrected chi connectivity index (χ3v) is 3.29. The molecule has 0 aliphatic heterocycles. The Labute approximate surface area is 128 Å². The minimum absolute atomic E-state index is 0.0373. The molecule has 0 radical (unpaired) electrons. The summed E-state index contributed by atoms with van der Waals surface area (Å²) >= 11 is 0.768. The van der Waals surface area contributed by atoms with Gasteiger partial charge in [-0.25, -0.2) is 9.97 Å². The second kappa shape index (κ2) is 6.73. The number of carbonyl (C=O) groups excluding carboxylic acids is 1. The number of ether oxygens (including phenoxy) is 1. The maximum atomic E-state index is 12.9. The summed E-state index contributed by atoms with van der Waals surface area (Å²) in [5.41, 5.74) is -0.763. The average molecular weight is 329 g/mol. The highest BCUT2D eigenvalue weighted by Crippen LogP contribution is 2.31. The van der Waals surface area contributed by atoms with Gasteiger partial charge in [-0.2, -0.15) is 13.2 Å². The van der Waals surface area contributed by atoms with Crippen LogP contribution in [0.2, 0.25) is 0 Å². The van der Waals surface area contributed by atoms with E-state index in [4.69, 9.17) is 0 Å². The summed E-state index contributed by atoms with van der Waals surface area (Å²) in [6.45, 7) is 0. The Morgan fingerprint density at radius 2 is 2.05 bits per heavy atom. The van der Waals surface area contributed by atoms with E-state index >= 15 is 0 Å². The van der Waals surface area contributed by atoms with Crippen molar-refractivity contribution < 1.29 is 22.7 Å². The van der Waals surface area contributed by atoms with Crippen molar-refractivity contribution in [2.24, 2.45) is 0 Å². The molecule has 2 heterocycles. The Morgan fingerprint density at radius 3 is 2.64 bits per heavy atom. The molecule has 0 saturated heterocycles. The smallest absolute Gasteiger partial charge is 0.433 e. The van der Waals surface area contributed by atoms with Crippen LogP contribution >= 0.6 is 11.8 Å². The van der Waals surface area contributed by atoms with E-state index in [1.165, 1.54) is 19.4 Å². The lowest BCUT2D eigenvalue weighted by Gasteiger charge is -2.09. The molecule has 0 spiro atoms. The van der Waals surface area contributed by atoms with E-state index in [0.29, 0.717) is 0 Å². The Bertz CT molecular complexity index is 665. The normalized spacial score (nSPS) is 11.3. The van der Waals surface area contributed by atoms with E-state index in [2.05, 4.69) is 19.7 Å². The van der Waals surface area contributed by atoms with Crippen LogP contribution in [0, 0.1) is 0 Å². The number of halogens is 3. The van der Waals surface area contributed by atoms with Crippen LogP contribution in [-0.2, 0) is 15.7 Å². The molecule has 0 saturated carbocycles. The molecule has 5 nitrogen and oxygen atoms in total. The van der Waals surface area contributed by atoms with Gasteiger partial charge in [-0.15, -0.1) is 0 Å². The molecular formula is C13H10F3N3O2S. The molecule has 0 unspecified atom stereocenters. The molecule has 0 bridgehead atoms. The highest BCUT2D eigenvalue weighted by Gasteiger charge is 2.34. The fourth-order valence-corrected chi connectivity index (χ4v) is 2.15. The van der Waals surface area contributed by atoms with Gasteiger partial charge in [0.25, 0.3) is 0 Å². The van der Waals surface area contributed by atoms with E-state index in [0.717, 1.165) is 17.8 Å². The molecule has 9 heteroatoms. The number of thioether (sulfide) groups is 1. The minimum Gasteiger partial charge on any atom is -0.468 e. The first-order valence-corrected chi connectivity index (χ1v) is 6.96. The number of methoxy groups -OCH3 is 1. The summed E-state index contributed by atoms with van der Waals surface area (Å²) < 4.78 is 43.2. The number of hydrogen-bond donors (Lipinski definition) is 0. The molecule has 0 aliphatic carbocycles. The van der Waals surface area contributed by atoms with E-state index in [9.17, 15) is 18.0 Å². The van der Waals surface area contributed by atoms with Gasteiger partial charge in [0, 0.05) is 6.20 Å². The van der Waals surface area contributed by atoms with Crippen LogP contribution in [0.5, 0.6) is 0 Å². The van der Waals surface area contributed by atoms with Crippen molar-refractivity contribution in [1.29, 1.82) is 0 Å². The topological polar surface area (TPSA) is 65.0 Å². The zero-order chi connectivity index (χ0) is 16.2. The van der Waals surface area contributed by atoms with Gasteiger partial charge in [-0.1, -0.05) is 17.8 Å². The van der Waals surface area contributed by atoms with Gasteiger partial charge in [0.1, 0.15) is 5.69 Å². The highest BCUT2D eigenvalue weighted by atomic mass is 32.2. The van der Waals surface area contributed by atoms with Crippen LogP contribution in [0.4, 0.5) is 13.2 Å². The van der Waals surface area contributed by atoms with E-state index in [1.54, 1.807) is 12.1 Å². The highest BCUT2D eigenvalue weighted by molar-refractivity contribution is 7.99. The van der Waals surface area contributed by atoms with Crippen molar-refractivity contribution >= 4 is 17.7 Å². The largest absolute Gasteiger partial charge is 0.468 e. The van der Waals surface area contributed by atoms with Crippen molar-refractivity contribution in [3.8, 4) is 11.4 Å². The van der Waals surface area contributed by atoms with Crippen LogP contribution in [-0.4, -0.2) is 33.8 Å². The second-order valence-corrected chi connectivity index (χ2v) is 4.94. The van der Waals surface area contributed by atoms with Crippen molar-refractivity contribution in [3.63, 3.8) is 0 Å². The molecule has 0 amide bonds.